The van der Waals surface area contributed by atoms with Gasteiger partial charge in [0.15, 0.2) is 11.8 Å². The van der Waals surface area contributed by atoms with Crippen LogP contribution in [0.25, 0.3) is 22.4 Å². The Morgan fingerprint density at radius 2 is 1.97 bits per heavy atom. The summed E-state index contributed by atoms with van der Waals surface area (Å²) in [6.07, 6.45) is -1.12. The SMILES string of the molecule is OC1CCN(CC#Cc2ccc(-c3nc4nc(O[C@@H]5COC6[C@H](O)CO[C@@H]65)[nH]c4cc3Cl)cc2)C1. The molecule has 0 amide bonds. The fourth-order valence-corrected chi connectivity index (χ4v) is 5.02. The molecule has 3 fully saturated rings. The molecular formula is C25H25ClN4O5. The minimum absolute atomic E-state index is 0.234. The largest absolute Gasteiger partial charge is 0.456 e. The Hall–Kier alpha value is -2.71. The molecular weight excluding hydrogens is 472 g/mol. The number of nitrogens with one attached hydrogen (secondary N) is 1. The second kappa shape index (κ2) is 9.39. The molecule has 3 saturated heterocycles. The van der Waals surface area contributed by atoms with E-state index in [0.29, 0.717) is 47.6 Å². The number of hydrogen-bond acceptors (Lipinski definition) is 8. The van der Waals surface area contributed by atoms with Crippen LogP contribution in [0.3, 0.4) is 0 Å². The van der Waals surface area contributed by atoms with Crippen molar-refractivity contribution in [3.63, 3.8) is 0 Å². The number of hydrogen-bond donors (Lipinski definition) is 3. The van der Waals surface area contributed by atoms with E-state index in [1.165, 1.54) is 0 Å². The molecule has 2 unspecified atom stereocenters. The van der Waals surface area contributed by atoms with E-state index in [1.807, 2.05) is 24.3 Å². The van der Waals surface area contributed by atoms with E-state index in [0.717, 1.165) is 24.1 Å². The molecule has 35 heavy (non-hydrogen) atoms. The number of pyridine rings is 1. The number of fused-ring (bicyclic) bond motifs is 2. The maximum Gasteiger partial charge on any atom is 0.296 e. The number of aliphatic hydroxyl groups is 2. The van der Waals surface area contributed by atoms with Crippen molar-refractivity contribution in [3.05, 3.63) is 40.9 Å². The Balaban J connectivity index is 1.16. The molecule has 3 aliphatic rings. The average molecular weight is 497 g/mol. The second-order valence-electron chi connectivity index (χ2n) is 9.11. The van der Waals surface area contributed by atoms with Crippen molar-refractivity contribution < 1.29 is 24.4 Å². The molecule has 3 aromatic rings. The lowest BCUT2D eigenvalue weighted by Crippen LogP contribution is -2.34. The topological polar surface area (TPSA) is 113 Å². The van der Waals surface area contributed by atoms with E-state index in [2.05, 4.69) is 31.7 Å². The lowest BCUT2D eigenvalue weighted by atomic mass is 10.1. The Labute approximate surface area is 207 Å². The molecule has 0 spiro atoms. The summed E-state index contributed by atoms with van der Waals surface area (Å²) in [5, 5.41) is 20.0. The number of aromatic amines is 1. The van der Waals surface area contributed by atoms with Gasteiger partial charge in [0.05, 0.1) is 42.1 Å². The monoisotopic (exact) mass is 496 g/mol. The maximum absolute atomic E-state index is 9.91. The fourth-order valence-electron chi connectivity index (χ4n) is 4.76. The Kier molecular flexibility index (Phi) is 6.10. The number of halogens is 1. The minimum atomic E-state index is -0.635. The summed E-state index contributed by atoms with van der Waals surface area (Å²) in [6.45, 7) is 2.77. The van der Waals surface area contributed by atoms with E-state index in [1.54, 1.807) is 6.07 Å². The highest BCUT2D eigenvalue weighted by atomic mass is 35.5. The number of nitrogens with zero attached hydrogens (tertiary/aromatic N) is 3. The van der Waals surface area contributed by atoms with Crippen molar-refractivity contribution in [2.24, 2.45) is 0 Å². The molecule has 5 heterocycles. The van der Waals surface area contributed by atoms with Crippen LogP contribution in [0.15, 0.2) is 30.3 Å². The number of benzene rings is 1. The summed E-state index contributed by atoms with van der Waals surface area (Å²) in [6, 6.07) is 9.83. The van der Waals surface area contributed by atoms with E-state index in [-0.39, 0.29) is 31.0 Å². The molecule has 1 aromatic carbocycles. The van der Waals surface area contributed by atoms with Crippen molar-refractivity contribution in [1.82, 2.24) is 19.9 Å². The Morgan fingerprint density at radius 3 is 2.77 bits per heavy atom. The first-order chi connectivity index (χ1) is 17.0. The van der Waals surface area contributed by atoms with Crippen molar-refractivity contribution in [3.8, 4) is 29.1 Å². The summed E-state index contributed by atoms with van der Waals surface area (Å²) in [5.74, 6) is 6.34. The van der Waals surface area contributed by atoms with Crippen LogP contribution in [-0.2, 0) is 9.47 Å². The zero-order chi connectivity index (χ0) is 23.9. The van der Waals surface area contributed by atoms with Crippen LogP contribution in [0.5, 0.6) is 6.01 Å². The van der Waals surface area contributed by atoms with Crippen LogP contribution in [-0.4, -0.2) is 93.4 Å². The summed E-state index contributed by atoms with van der Waals surface area (Å²) >= 11 is 6.54. The number of H-pyrrole nitrogens is 1. The third-order valence-corrected chi connectivity index (χ3v) is 6.88. The van der Waals surface area contributed by atoms with Crippen molar-refractivity contribution in [1.29, 1.82) is 0 Å². The molecule has 9 nitrogen and oxygen atoms in total. The van der Waals surface area contributed by atoms with Gasteiger partial charge in [0, 0.05) is 24.2 Å². The highest BCUT2D eigenvalue weighted by Crippen LogP contribution is 2.32. The van der Waals surface area contributed by atoms with Crippen molar-refractivity contribution >= 4 is 22.8 Å². The van der Waals surface area contributed by atoms with E-state index < -0.39 is 6.10 Å². The van der Waals surface area contributed by atoms with Gasteiger partial charge in [-0.1, -0.05) is 35.6 Å². The minimum Gasteiger partial charge on any atom is -0.456 e. The highest BCUT2D eigenvalue weighted by molar-refractivity contribution is 6.33. The highest BCUT2D eigenvalue weighted by Gasteiger charge is 2.48. The van der Waals surface area contributed by atoms with Gasteiger partial charge in [-0.05, 0) is 24.6 Å². The van der Waals surface area contributed by atoms with Crippen LogP contribution in [0.2, 0.25) is 5.02 Å². The number of ether oxygens (including phenoxy) is 3. The zero-order valence-electron chi connectivity index (χ0n) is 18.9. The normalized spacial score (nSPS) is 28.3. The molecule has 0 aliphatic carbocycles. The first-order valence-corrected chi connectivity index (χ1v) is 12.1. The molecule has 0 bridgehead atoms. The Bertz CT molecular complexity index is 1290. The third-order valence-electron chi connectivity index (χ3n) is 6.59. The van der Waals surface area contributed by atoms with Gasteiger partial charge in [0.1, 0.15) is 18.3 Å². The van der Waals surface area contributed by atoms with Gasteiger partial charge in [0.25, 0.3) is 6.01 Å². The van der Waals surface area contributed by atoms with Crippen LogP contribution in [0, 0.1) is 11.8 Å². The molecule has 2 aromatic heterocycles. The van der Waals surface area contributed by atoms with Crippen molar-refractivity contribution in [2.75, 3.05) is 32.8 Å². The lowest BCUT2D eigenvalue weighted by molar-refractivity contribution is 0.00706. The third kappa shape index (κ3) is 4.61. The first kappa shape index (κ1) is 22.7. The number of likely N-dealkylation sites (tertiary alicyclic amines) is 1. The van der Waals surface area contributed by atoms with Gasteiger partial charge in [-0.3, -0.25) is 4.90 Å². The predicted octanol–water partition coefficient (Wildman–Crippen LogP) is 1.60. The van der Waals surface area contributed by atoms with Gasteiger partial charge in [-0.25, -0.2) is 4.98 Å². The van der Waals surface area contributed by atoms with Crippen LogP contribution in [0.1, 0.15) is 12.0 Å². The smallest absolute Gasteiger partial charge is 0.296 e. The molecule has 3 aliphatic heterocycles. The summed E-state index contributed by atoms with van der Waals surface area (Å²) in [5.41, 5.74) is 3.52. The summed E-state index contributed by atoms with van der Waals surface area (Å²) in [4.78, 5) is 14.4. The van der Waals surface area contributed by atoms with Crippen LogP contribution in [0.4, 0.5) is 0 Å². The summed E-state index contributed by atoms with van der Waals surface area (Å²) < 4.78 is 17.2. The number of rotatable bonds is 4. The molecule has 182 valence electrons. The standard InChI is InChI=1S/C25H25ClN4O5/c26-17-10-18-24(29-25(27-18)35-20-13-34-22-19(32)12-33-23(20)22)28-21(17)15-5-3-14(4-6-15)2-1-8-30-9-7-16(31)11-30/h3-6,10,16,19-20,22-23,31-32H,7-9,11-13H2,(H,27,28,29)/t16?,19-,20-,22?,23-/m1/s1. The van der Waals surface area contributed by atoms with Crippen LogP contribution >= 0.6 is 11.6 Å². The number of imidazole rings is 1. The molecule has 10 heteroatoms. The summed E-state index contributed by atoms with van der Waals surface area (Å²) in [7, 11) is 0. The van der Waals surface area contributed by atoms with Gasteiger partial charge >= 0.3 is 0 Å². The second-order valence-corrected chi connectivity index (χ2v) is 9.52. The number of aliphatic hydroxyl groups excluding tert-OH is 2. The molecule has 0 radical (unpaired) electrons. The van der Waals surface area contributed by atoms with Crippen molar-refractivity contribution in [2.45, 2.75) is 36.9 Å². The first-order valence-electron chi connectivity index (χ1n) is 11.7. The lowest BCUT2D eigenvalue weighted by Gasteiger charge is -2.15. The van der Waals surface area contributed by atoms with Gasteiger partial charge < -0.3 is 29.4 Å². The van der Waals surface area contributed by atoms with E-state index in [9.17, 15) is 10.2 Å². The molecule has 5 atom stereocenters. The predicted molar refractivity (Wildman–Crippen MR) is 128 cm³/mol. The quantitative estimate of drug-likeness (QED) is 0.467. The molecule has 6 rings (SSSR count). The fraction of sp³-hybridized carbons (Fsp3) is 0.440. The molecule has 0 saturated carbocycles. The maximum atomic E-state index is 9.91. The van der Waals surface area contributed by atoms with E-state index >= 15 is 0 Å². The zero-order valence-corrected chi connectivity index (χ0v) is 19.6. The molecule has 3 N–H and O–H groups in total. The Morgan fingerprint density at radius 1 is 1.14 bits per heavy atom. The average Bonchev–Trinajstić information content (AvgIpc) is 3.61. The number of aromatic nitrogens is 3. The number of β-amino-alcohol motifs (C(OH)–C–C–N with tert-alkyl or cyclic N) is 1. The van der Waals surface area contributed by atoms with E-state index in [4.69, 9.17) is 25.8 Å². The van der Waals surface area contributed by atoms with Gasteiger partial charge in [0.2, 0.25) is 0 Å². The van der Waals surface area contributed by atoms with Crippen LogP contribution < -0.4 is 4.74 Å². The van der Waals surface area contributed by atoms with Gasteiger partial charge in [-0.2, -0.15) is 4.98 Å². The van der Waals surface area contributed by atoms with Gasteiger partial charge in [-0.15, -0.1) is 0 Å².